The maximum atomic E-state index is 13.2. The Morgan fingerprint density at radius 3 is 2.44 bits per heavy atom. The molecule has 0 fully saturated rings. The van der Waals surface area contributed by atoms with Gasteiger partial charge in [0.05, 0.1) is 12.2 Å². The molecular weight excluding hydrogens is 317 g/mol. The van der Waals surface area contributed by atoms with Gasteiger partial charge in [-0.25, -0.2) is 4.39 Å². The van der Waals surface area contributed by atoms with Crippen molar-refractivity contribution in [1.29, 1.82) is 0 Å². The average molecular weight is 337 g/mol. The number of aromatic amines is 1. The summed E-state index contributed by atoms with van der Waals surface area (Å²) in [5.41, 5.74) is 3.69. The second-order valence-electron chi connectivity index (χ2n) is 6.04. The first-order chi connectivity index (χ1) is 12.1. The third-order valence-electron chi connectivity index (χ3n) is 4.09. The van der Waals surface area contributed by atoms with E-state index in [2.05, 4.69) is 15.5 Å². The van der Waals surface area contributed by atoms with Gasteiger partial charge < -0.3 is 5.32 Å². The summed E-state index contributed by atoms with van der Waals surface area (Å²) in [7, 11) is 0. The number of aromatic nitrogens is 2. The van der Waals surface area contributed by atoms with Crippen molar-refractivity contribution in [3.05, 3.63) is 89.0 Å². The van der Waals surface area contributed by atoms with Crippen LogP contribution in [0.25, 0.3) is 0 Å². The summed E-state index contributed by atoms with van der Waals surface area (Å²) in [6, 6.07) is 18.0. The Kier molecular flexibility index (Phi) is 5.23. The molecular formula is C20H20FN3O. The fourth-order valence-electron chi connectivity index (χ4n) is 2.82. The summed E-state index contributed by atoms with van der Waals surface area (Å²) in [4.78, 5) is 12.4. The predicted molar refractivity (Wildman–Crippen MR) is 94.5 cm³/mol. The molecule has 4 nitrogen and oxygen atoms in total. The lowest BCUT2D eigenvalue weighted by molar-refractivity contribution is -0.121. The third kappa shape index (κ3) is 4.53. The lowest BCUT2D eigenvalue weighted by Crippen LogP contribution is -2.25. The summed E-state index contributed by atoms with van der Waals surface area (Å²) in [6.07, 6.45) is 0.291. The molecule has 1 heterocycles. The minimum atomic E-state index is -0.283. The SMILES string of the molecule is Cc1cc(CNC(=O)C[C@@H](c2ccccc2)c2ccc(F)cc2)n[nH]1. The van der Waals surface area contributed by atoms with E-state index >= 15 is 0 Å². The number of rotatable bonds is 6. The van der Waals surface area contributed by atoms with Crippen LogP contribution < -0.4 is 5.32 Å². The lowest BCUT2D eigenvalue weighted by Gasteiger charge is -2.18. The minimum absolute atomic E-state index is 0.0705. The van der Waals surface area contributed by atoms with Gasteiger partial charge in [0.2, 0.25) is 5.91 Å². The minimum Gasteiger partial charge on any atom is -0.350 e. The molecule has 0 bridgehead atoms. The van der Waals surface area contributed by atoms with Gasteiger partial charge in [-0.2, -0.15) is 5.10 Å². The topological polar surface area (TPSA) is 57.8 Å². The van der Waals surface area contributed by atoms with E-state index in [1.807, 2.05) is 43.3 Å². The summed E-state index contributed by atoms with van der Waals surface area (Å²) in [5.74, 6) is -0.476. The third-order valence-corrected chi connectivity index (χ3v) is 4.09. The van der Waals surface area contributed by atoms with Crippen molar-refractivity contribution in [2.24, 2.45) is 0 Å². The summed E-state index contributed by atoms with van der Waals surface area (Å²) >= 11 is 0. The highest BCUT2D eigenvalue weighted by Gasteiger charge is 2.18. The fourth-order valence-corrected chi connectivity index (χ4v) is 2.82. The van der Waals surface area contributed by atoms with Crippen LogP contribution in [0, 0.1) is 12.7 Å². The molecule has 1 atom stereocenters. The first-order valence-corrected chi connectivity index (χ1v) is 8.20. The molecule has 2 N–H and O–H groups in total. The number of halogens is 1. The Morgan fingerprint density at radius 2 is 1.80 bits per heavy atom. The van der Waals surface area contributed by atoms with E-state index < -0.39 is 0 Å². The summed E-state index contributed by atoms with van der Waals surface area (Å²) in [6.45, 7) is 2.30. The van der Waals surface area contributed by atoms with Crippen LogP contribution >= 0.6 is 0 Å². The Morgan fingerprint density at radius 1 is 1.12 bits per heavy atom. The van der Waals surface area contributed by atoms with Gasteiger partial charge in [0, 0.05) is 18.0 Å². The quantitative estimate of drug-likeness (QED) is 0.721. The highest BCUT2D eigenvalue weighted by atomic mass is 19.1. The molecule has 2 aromatic carbocycles. The van der Waals surface area contributed by atoms with E-state index in [1.165, 1.54) is 12.1 Å². The monoisotopic (exact) mass is 337 g/mol. The number of nitrogens with zero attached hydrogens (tertiary/aromatic N) is 1. The molecule has 5 heteroatoms. The fraction of sp³-hybridized carbons (Fsp3) is 0.200. The summed E-state index contributed by atoms with van der Waals surface area (Å²) < 4.78 is 13.2. The molecule has 0 saturated carbocycles. The predicted octanol–water partition coefficient (Wildman–Crippen LogP) is 3.70. The molecule has 0 radical (unpaired) electrons. The van der Waals surface area contributed by atoms with E-state index in [1.54, 1.807) is 12.1 Å². The lowest BCUT2D eigenvalue weighted by atomic mass is 9.88. The molecule has 3 aromatic rings. The van der Waals surface area contributed by atoms with Crippen molar-refractivity contribution in [3.63, 3.8) is 0 Å². The van der Waals surface area contributed by atoms with E-state index in [4.69, 9.17) is 0 Å². The van der Waals surface area contributed by atoms with Gasteiger partial charge in [-0.15, -0.1) is 0 Å². The van der Waals surface area contributed by atoms with Crippen LogP contribution in [0.4, 0.5) is 4.39 Å². The van der Waals surface area contributed by atoms with E-state index in [9.17, 15) is 9.18 Å². The molecule has 0 aliphatic carbocycles. The van der Waals surface area contributed by atoms with Gasteiger partial charge in [0.1, 0.15) is 5.82 Å². The van der Waals surface area contributed by atoms with E-state index in [0.29, 0.717) is 13.0 Å². The number of nitrogens with one attached hydrogen (secondary N) is 2. The Bertz CT molecular complexity index is 828. The second-order valence-corrected chi connectivity index (χ2v) is 6.04. The van der Waals surface area contributed by atoms with Gasteiger partial charge in [-0.05, 0) is 36.2 Å². The van der Waals surface area contributed by atoms with Crippen LogP contribution in [0.1, 0.15) is 34.9 Å². The van der Waals surface area contributed by atoms with Crippen LogP contribution in [0.2, 0.25) is 0 Å². The maximum Gasteiger partial charge on any atom is 0.221 e. The number of hydrogen-bond acceptors (Lipinski definition) is 2. The zero-order valence-electron chi connectivity index (χ0n) is 14.0. The van der Waals surface area contributed by atoms with E-state index in [-0.39, 0.29) is 17.6 Å². The van der Waals surface area contributed by atoms with Crippen LogP contribution in [-0.2, 0) is 11.3 Å². The zero-order chi connectivity index (χ0) is 17.6. The number of amides is 1. The van der Waals surface area contributed by atoms with Crippen molar-refractivity contribution in [2.45, 2.75) is 25.8 Å². The number of hydrogen-bond donors (Lipinski definition) is 2. The van der Waals surface area contributed by atoms with Crippen molar-refractivity contribution in [2.75, 3.05) is 0 Å². The van der Waals surface area contributed by atoms with Gasteiger partial charge in [-0.1, -0.05) is 42.5 Å². The molecule has 1 aromatic heterocycles. The second kappa shape index (κ2) is 7.75. The number of carbonyl (C=O) groups excluding carboxylic acids is 1. The largest absolute Gasteiger partial charge is 0.350 e. The molecule has 1 amide bonds. The van der Waals surface area contributed by atoms with Crippen LogP contribution in [0.3, 0.4) is 0 Å². The van der Waals surface area contributed by atoms with Crippen molar-refractivity contribution >= 4 is 5.91 Å². The Balaban J connectivity index is 1.73. The molecule has 128 valence electrons. The smallest absolute Gasteiger partial charge is 0.221 e. The molecule has 0 aliphatic rings. The van der Waals surface area contributed by atoms with Crippen LogP contribution in [-0.4, -0.2) is 16.1 Å². The van der Waals surface area contributed by atoms with Crippen LogP contribution in [0.15, 0.2) is 60.7 Å². The zero-order valence-corrected chi connectivity index (χ0v) is 14.0. The normalized spacial score (nSPS) is 11.9. The number of carbonyl (C=O) groups is 1. The number of aryl methyl sites for hydroxylation is 1. The number of benzene rings is 2. The highest BCUT2D eigenvalue weighted by Crippen LogP contribution is 2.28. The molecule has 25 heavy (non-hydrogen) atoms. The summed E-state index contributed by atoms with van der Waals surface area (Å²) in [5, 5.41) is 9.86. The van der Waals surface area contributed by atoms with Crippen molar-refractivity contribution in [1.82, 2.24) is 15.5 Å². The maximum absolute atomic E-state index is 13.2. The Labute approximate surface area is 146 Å². The molecule has 0 unspecified atom stereocenters. The van der Waals surface area contributed by atoms with Gasteiger partial charge >= 0.3 is 0 Å². The van der Waals surface area contributed by atoms with Gasteiger partial charge in [0.15, 0.2) is 0 Å². The molecule has 0 saturated heterocycles. The number of H-pyrrole nitrogens is 1. The first kappa shape index (κ1) is 16.9. The first-order valence-electron chi connectivity index (χ1n) is 8.20. The van der Waals surface area contributed by atoms with Gasteiger partial charge in [0.25, 0.3) is 0 Å². The van der Waals surface area contributed by atoms with Gasteiger partial charge in [-0.3, -0.25) is 9.89 Å². The molecule has 0 spiro atoms. The molecule has 3 rings (SSSR count). The van der Waals surface area contributed by atoms with Crippen LogP contribution in [0.5, 0.6) is 0 Å². The van der Waals surface area contributed by atoms with E-state index in [0.717, 1.165) is 22.5 Å². The standard InChI is InChI=1S/C20H20FN3O/c1-14-11-18(24-23-14)13-22-20(25)12-19(15-5-3-2-4-6-15)16-7-9-17(21)10-8-16/h2-11,19H,12-13H2,1H3,(H,22,25)(H,23,24)/t19-/m0/s1. The van der Waals surface area contributed by atoms with Crippen molar-refractivity contribution in [3.8, 4) is 0 Å². The Hall–Kier alpha value is -2.95. The highest BCUT2D eigenvalue weighted by molar-refractivity contribution is 5.77. The average Bonchev–Trinajstić information content (AvgIpc) is 3.05. The van der Waals surface area contributed by atoms with Crippen molar-refractivity contribution < 1.29 is 9.18 Å². The molecule has 0 aliphatic heterocycles.